The van der Waals surface area contributed by atoms with Crippen molar-refractivity contribution in [3.63, 3.8) is 0 Å². The number of methoxy groups -OCH3 is 1. The predicted molar refractivity (Wildman–Crippen MR) is 111 cm³/mol. The zero-order valence-corrected chi connectivity index (χ0v) is 16.7. The van der Waals surface area contributed by atoms with Crippen LogP contribution in [0.1, 0.15) is 18.1 Å². The lowest BCUT2D eigenvalue weighted by Gasteiger charge is -2.39. The molecule has 5 nitrogen and oxygen atoms in total. The molecular formula is C22H29N3O2. The number of ether oxygens (including phenoxy) is 1. The van der Waals surface area contributed by atoms with E-state index in [1.807, 2.05) is 31.2 Å². The van der Waals surface area contributed by atoms with Crippen LogP contribution in [0.4, 0.5) is 11.4 Å². The second-order valence-electron chi connectivity index (χ2n) is 7.11. The Bertz CT molecular complexity index is 798. The summed E-state index contributed by atoms with van der Waals surface area (Å²) in [5.41, 5.74) is 4.68. The molecule has 0 saturated carbocycles. The van der Waals surface area contributed by atoms with Gasteiger partial charge in [0, 0.05) is 31.9 Å². The average Bonchev–Trinajstić information content (AvgIpc) is 2.70. The summed E-state index contributed by atoms with van der Waals surface area (Å²) in [7, 11) is 1.61. The number of carbonyl (C=O) groups excluding carboxylic acids is 1. The molecule has 5 heteroatoms. The van der Waals surface area contributed by atoms with E-state index in [1.165, 1.54) is 16.8 Å². The number of hydrogen-bond donors (Lipinski definition) is 1. The molecule has 1 N–H and O–H groups in total. The first-order chi connectivity index (χ1) is 13.0. The standard InChI is InChI=1S/C22H29N3O2/c1-16-8-7-10-20(17(16)2)25-14-12-24(13-15-25)18(3)22(26)23-19-9-5-6-11-21(19)27-4/h5-11,18H,12-15H2,1-4H3,(H,23,26)/t18-/m1/s1. The highest BCUT2D eigenvalue weighted by Gasteiger charge is 2.26. The van der Waals surface area contributed by atoms with Crippen LogP contribution in [0.3, 0.4) is 0 Å². The van der Waals surface area contributed by atoms with Gasteiger partial charge in [-0.2, -0.15) is 0 Å². The molecule has 2 aromatic carbocycles. The van der Waals surface area contributed by atoms with Crippen LogP contribution in [-0.4, -0.2) is 50.1 Å². The number of piperazine rings is 1. The summed E-state index contributed by atoms with van der Waals surface area (Å²) in [6.45, 7) is 9.90. The van der Waals surface area contributed by atoms with Crippen LogP contribution in [0.5, 0.6) is 5.75 Å². The van der Waals surface area contributed by atoms with E-state index in [0.717, 1.165) is 26.2 Å². The Morgan fingerprint density at radius 2 is 1.74 bits per heavy atom. The Kier molecular flexibility index (Phi) is 6.01. The van der Waals surface area contributed by atoms with Gasteiger partial charge in [-0.15, -0.1) is 0 Å². The smallest absolute Gasteiger partial charge is 0.241 e. The maximum absolute atomic E-state index is 12.7. The summed E-state index contributed by atoms with van der Waals surface area (Å²) in [5, 5.41) is 3.00. The highest BCUT2D eigenvalue weighted by molar-refractivity contribution is 5.95. The lowest BCUT2D eigenvalue weighted by atomic mass is 10.1. The first-order valence-electron chi connectivity index (χ1n) is 9.50. The van der Waals surface area contributed by atoms with E-state index in [-0.39, 0.29) is 11.9 Å². The van der Waals surface area contributed by atoms with Gasteiger partial charge in [-0.05, 0) is 50.1 Å². The number of nitrogens with zero attached hydrogens (tertiary/aromatic N) is 2. The van der Waals surface area contributed by atoms with Gasteiger partial charge in [-0.25, -0.2) is 0 Å². The van der Waals surface area contributed by atoms with E-state index in [4.69, 9.17) is 4.74 Å². The maximum atomic E-state index is 12.7. The highest BCUT2D eigenvalue weighted by Crippen LogP contribution is 2.25. The second-order valence-corrected chi connectivity index (χ2v) is 7.11. The summed E-state index contributed by atoms with van der Waals surface area (Å²) in [5.74, 6) is 0.678. The molecule has 3 rings (SSSR count). The summed E-state index contributed by atoms with van der Waals surface area (Å²) >= 11 is 0. The maximum Gasteiger partial charge on any atom is 0.241 e. The SMILES string of the molecule is COc1ccccc1NC(=O)[C@@H](C)N1CCN(c2cccc(C)c2C)CC1. The lowest BCUT2D eigenvalue weighted by molar-refractivity contribution is -0.120. The summed E-state index contributed by atoms with van der Waals surface area (Å²) in [6.07, 6.45) is 0. The molecule has 1 amide bonds. The van der Waals surface area contributed by atoms with E-state index < -0.39 is 0 Å². The Hall–Kier alpha value is -2.53. The number of anilines is 2. The van der Waals surface area contributed by atoms with E-state index in [9.17, 15) is 4.79 Å². The third-order valence-electron chi connectivity index (χ3n) is 5.52. The number of nitrogens with one attached hydrogen (secondary N) is 1. The zero-order valence-electron chi connectivity index (χ0n) is 16.7. The number of para-hydroxylation sites is 2. The Morgan fingerprint density at radius 1 is 1.04 bits per heavy atom. The molecule has 1 fully saturated rings. The molecule has 1 aliphatic heterocycles. The fourth-order valence-electron chi connectivity index (χ4n) is 3.58. The van der Waals surface area contributed by atoms with Crippen LogP contribution in [0.15, 0.2) is 42.5 Å². The van der Waals surface area contributed by atoms with Crippen molar-refractivity contribution in [1.82, 2.24) is 4.90 Å². The van der Waals surface area contributed by atoms with Gasteiger partial charge in [0.1, 0.15) is 5.75 Å². The normalized spacial score (nSPS) is 16.1. The minimum absolute atomic E-state index is 0.000291. The molecule has 0 spiro atoms. The van der Waals surface area contributed by atoms with Crippen molar-refractivity contribution in [3.05, 3.63) is 53.6 Å². The van der Waals surface area contributed by atoms with Gasteiger partial charge >= 0.3 is 0 Å². The Balaban J connectivity index is 1.60. The first-order valence-corrected chi connectivity index (χ1v) is 9.50. The molecule has 0 aliphatic carbocycles. The van der Waals surface area contributed by atoms with E-state index in [1.54, 1.807) is 7.11 Å². The van der Waals surface area contributed by atoms with Crippen molar-refractivity contribution in [2.75, 3.05) is 43.5 Å². The number of amides is 1. The molecule has 144 valence electrons. The minimum atomic E-state index is -0.185. The topological polar surface area (TPSA) is 44.8 Å². The summed E-state index contributed by atoms with van der Waals surface area (Å²) < 4.78 is 5.32. The predicted octanol–water partition coefficient (Wildman–Crippen LogP) is 3.46. The van der Waals surface area contributed by atoms with Crippen molar-refractivity contribution >= 4 is 17.3 Å². The Morgan fingerprint density at radius 3 is 2.44 bits per heavy atom. The molecule has 0 radical (unpaired) electrons. The summed E-state index contributed by atoms with van der Waals surface area (Å²) in [4.78, 5) is 17.4. The number of rotatable bonds is 5. The van der Waals surface area contributed by atoms with Crippen LogP contribution in [-0.2, 0) is 4.79 Å². The van der Waals surface area contributed by atoms with Gasteiger partial charge < -0.3 is 15.0 Å². The lowest BCUT2D eigenvalue weighted by Crippen LogP contribution is -2.53. The zero-order chi connectivity index (χ0) is 19.4. The van der Waals surface area contributed by atoms with Crippen LogP contribution in [0.2, 0.25) is 0 Å². The van der Waals surface area contributed by atoms with Crippen molar-refractivity contribution in [2.45, 2.75) is 26.8 Å². The fraction of sp³-hybridized carbons (Fsp3) is 0.409. The molecule has 1 atom stereocenters. The third kappa shape index (κ3) is 4.25. The minimum Gasteiger partial charge on any atom is -0.495 e. The quantitative estimate of drug-likeness (QED) is 0.879. The second kappa shape index (κ2) is 8.44. The molecule has 1 aliphatic rings. The van der Waals surface area contributed by atoms with Crippen molar-refractivity contribution in [3.8, 4) is 5.75 Å². The molecule has 27 heavy (non-hydrogen) atoms. The van der Waals surface area contributed by atoms with Gasteiger partial charge in [0.15, 0.2) is 0 Å². The largest absolute Gasteiger partial charge is 0.495 e. The van der Waals surface area contributed by atoms with Crippen LogP contribution in [0.25, 0.3) is 0 Å². The fourth-order valence-corrected chi connectivity index (χ4v) is 3.58. The van der Waals surface area contributed by atoms with E-state index in [0.29, 0.717) is 11.4 Å². The first kappa shape index (κ1) is 19.2. The molecule has 0 bridgehead atoms. The van der Waals surface area contributed by atoms with Crippen LogP contribution >= 0.6 is 0 Å². The third-order valence-corrected chi connectivity index (χ3v) is 5.52. The number of hydrogen-bond acceptors (Lipinski definition) is 4. The van der Waals surface area contributed by atoms with Gasteiger partial charge in [-0.3, -0.25) is 9.69 Å². The van der Waals surface area contributed by atoms with Gasteiger partial charge in [0.05, 0.1) is 18.8 Å². The van der Waals surface area contributed by atoms with Gasteiger partial charge in [-0.1, -0.05) is 24.3 Å². The van der Waals surface area contributed by atoms with Crippen molar-refractivity contribution in [2.24, 2.45) is 0 Å². The number of benzene rings is 2. The molecule has 1 heterocycles. The van der Waals surface area contributed by atoms with Crippen LogP contribution < -0.4 is 15.0 Å². The number of aryl methyl sites for hydroxylation is 1. The highest BCUT2D eigenvalue weighted by atomic mass is 16.5. The van der Waals surface area contributed by atoms with Gasteiger partial charge in [0.25, 0.3) is 0 Å². The molecule has 0 unspecified atom stereocenters. The van der Waals surface area contributed by atoms with Crippen molar-refractivity contribution in [1.29, 1.82) is 0 Å². The molecule has 1 saturated heterocycles. The summed E-state index contributed by atoms with van der Waals surface area (Å²) in [6, 6.07) is 13.8. The molecule has 0 aromatic heterocycles. The monoisotopic (exact) mass is 367 g/mol. The molecule has 2 aromatic rings. The van der Waals surface area contributed by atoms with Crippen LogP contribution in [0, 0.1) is 13.8 Å². The Labute approximate surface area is 161 Å². The molecular weight excluding hydrogens is 338 g/mol. The number of carbonyl (C=O) groups is 1. The van der Waals surface area contributed by atoms with E-state index in [2.05, 4.69) is 47.2 Å². The van der Waals surface area contributed by atoms with Gasteiger partial charge in [0.2, 0.25) is 5.91 Å². The average molecular weight is 367 g/mol. The van der Waals surface area contributed by atoms with Crippen molar-refractivity contribution < 1.29 is 9.53 Å². The van der Waals surface area contributed by atoms with E-state index >= 15 is 0 Å².